The van der Waals surface area contributed by atoms with E-state index >= 15 is 0 Å². The van der Waals surface area contributed by atoms with Gasteiger partial charge in [-0.15, -0.1) is 10.2 Å². The maximum absolute atomic E-state index is 14.7. The molecule has 1 N–H and O–H groups in total. The SMILES string of the molecule is COc1ccc(C)cc1-n1ccc(C(=O)Nc2ccc(F)c(-c3nnc4n3CCCCC4)c2)n1. The fraction of sp³-hybridized carbons (Fsp3) is 0.280. The summed E-state index contributed by atoms with van der Waals surface area (Å²) in [5.74, 6) is 1.20. The van der Waals surface area contributed by atoms with E-state index in [0.29, 0.717) is 22.8 Å². The maximum atomic E-state index is 14.7. The first-order valence-corrected chi connectivity index (χ1v) is 11.3. The van der Waals surface area contributed by atoms with E-state index in [1.807, 2.05) is 29.7 Å². The number of ether oxygens (including phenoxy) is 1. The van der Waals surface area contributed by atoms with Crippen molar-refractivity contribution in [3.05, 3.63) is 71.6 Å². The Morgan fingerprint density at radius 3 is 2.82 bits per heavy atom. The smallest absolute Gasteiger partial charge is 0.276 e. The minimum Gasteiger partial charge on any atom is -0.494 e. The van der Waals surface area contributed by atoms with Crippen LogP contribution in [0.2, 0.25) is 0 Å². The number of methoxy groups -OCH3 is 1. The summed E-state index contributed by atoms with van der Waals surface area (Å²) in [6.07, 6.45) is 5.71. The first kappa shape index (κ1) is 21.8. The van der Waals surface area contributed by atoms with Crippen molar-refractivity contribution in [2.45, 2.75) is 39.2 Å². The number of aromatic nitrogens is 5. The van der Waals surface area contributed by atoms with E-state index in [1.54, 1.807) is 30.1 Å². The predicted molar refractivity (Wildman–Crippen MR) is 126 cm³/mol. The van der Waals surface area contributed by atoms with Gasteiger partial charge in [0.15, 0.2) is 11.5 Å². The Balaban J connectivity index is 1.40. The zero-order chi connectivity index (χ0) is 23.7. The third-order valence-corrected chi connectivity index (χ3v) is 5.98. The summed E-state index contributed by atoms with van der Waals surface area (Å²) in [5.41, 5.74) is 2.77. The molecule has 0 bridgehead atoms. The van der Waals surface area contributed by atoms with E-state index in [4.69, 9.17) is 4.74 Å². The average molecular weight is 461 g/mol. The van der Waals surface area contributed by atoms with Gasteiger partial charge in [-0.25, -0.2) is 9.07 Å². The van der Waals surface area contributed by atoms with Crippen molar-refractivity contribution >= 4 is 11.6 Å². The van der Waals surface area contributed by atoms with Crippen molar-refractivity contribution < 1.29 is 13.9 Å². The molecule has 174 valence electrons. The van der Waals surface area contributed by atoms with Gasteiger partial charge in [0.2, 0.25) is 0 Å². The van der Waals surface area contributed by atoms with Crippen LogP contribution in [0.25, 0.3) is 17.1 Å². The monoisotopic (exact) mass is 460 g/mol. The highest BCUT2D eigenvalue weighted by molar-refractivity contribution is 6.03. The average Bonchev–Trinajstić information content (AvgIpc) is 3.42. The second-order valence-electron chi connectivity index (χ2n) is 8.37. The highest BCUT2D eigenvalue weighted by Crippen LogP contribution is 2.28. The van der Waals surface area contributed by atoms with Crippen LogP contribution in [-0.4, -0.2) is 37.6 Å². The van der Waals surface area contributed by atoms with Gasteiger partial charge in [0.1, 0.15) is 23.1 Å². The lowest BCUT2D eigenvalue weighted by atomic mass is 10.1. The van der Waals surface area contributed by atoms with E-state index < -0.39 is 11.7 Å². The Bertz CT molecular complexity index is 1360. The molecule has 0 radical (unpaired) electrons. The number of hydrogen-bond acceptors (Lipinski definition) is 5. The molecule has 1 aliphatic heterocycles. The summed E-state index contributed by atoms with van der Waals surface area (Å²) in [4.78, 5) is 12.9. The maximum Gasteiger partial charge on any atom is 0.276 e. The van der Waals surface area contributed by atoms with Gasteiger partial charge >= 0.3 is 0 Å². The number of benzene rings is 2. The zero-order valence-electron chi connectivity index (χ0n) is 19.1. The Labute approximate surface area is 196 Å². The van der Waals surface area contributed by atoms with Crippen LogP contribution in [0.4, 0.5) is 10.1 Å². The number of carbonyl (C=O) groups is 1. The minimum absolute atomic E-state index is 0.228. The lowest BCUT2D eigenvalue weighted by Crippen LogP contribution is -2.13. The van der Waals surface area contributed by atoms with Crippen LogP contribution in [-0.2, 0) is 13.0 Å². The normalized spacial score (nSPS) is 13.3. The van der Waals surface area contributed by atoms with E-state index in [1.165, 1.54) is 12.1 Å². The van der Waals surface area contributed by atoms with Crippen molar-refractivity contribution in [1.29, 1.82) is 0 Å². The molecule has 0 saturated heterocycles. The Kier molecular flexibility index (Phi) is 5.83. The van der Waals surface area contributed by atoms with Crippen molar-refractivity contribution in [1.82, 2.24) is 24.5 Å². The third kappa shape index (κ3) is 4.16. The molecular weight excluding hydrogens is 435 g/mol. The standard InChI is InChI=1S/C25H25FN6O2/c1-16-7-10-22(34-2)21(14-16)32-13-11-20(30-32)25(33)27-17-8-9-19(26)18(15-17)24-29-28-23-6-4-3-5-12-31(23)24/h7-11,13-15H,3-6,12H2,1-2H3,(H,27,33). The molecule has 0 spiro atoms. The molecule has 8 nitrogen and oxygen atoms in total. The molecule has 5 rings (SSSR count). The lowest BCUT2D eigenvalue weighted by Gasteiger charge is -2.10. The van der Waals surface area contributed by atoms with Gasteiger partial charge in [-0.05, 0) is 61.7 Å². The summed E-state index contributed by atoms with van der Waals surface area (Å²) < 4.78 is 23.7. The van der Waals surface area contributed by atoms with Crippen molar-refractivity contribution in [2.24, 2.45) is 0 Å². The third-order valence-electron chi connectivity index (χ3n) is 5.98. The van der Waals surface area contributed by atoms with Crippen molar-refractivity contribution in [2.75, 3.05) is 12.4 Å². The van der Waals surface area contributed by atoms with Gasteiger partial charge in [-0.3, -0.25) is 4.79 Å². The highest BCUT2D eigenvalue weighted by Gasteiger charge is 2.20. The molecular formula is C25H25FN6O2. The summed E-state index contributed by atoms with van der Waals surface area (Å²) in [6.45, 7) is 2.73. The zero-order valence-corrected chi connectivity index (χ0v) is 19.1. The second-order valence-corrected chi connectivity index (χ2v) is 8.37. The van der Waals surface area contributed by atoms with Crippen LogP contribution in [0.15, 0.2) is 48.7 Å². The van der Waals surface area contributed by atoms with Gasteiger partial charge in [0, 0.05) is 24.8 Å². The molecule has 34 heavy (non-hydrogen) atoms. The van der Waals surface area contributed by atoms with Gasteiger partial charge in [0.05, 0.1) is 12.7 Å². The molecule has 1 amide bonds. The molecule has 0 fully saturated rings. The first-order valence-electron chi connectivity index (χ1n) is 11.3. The van der Waals surface area contributed by atoms with Crippen LogP contribution in [0.1, 0.15) is 41.1 Å². The minimum atomic E-state index is -0.409. The van der Waals surface area contributed by atoms with Crippen LogP contribution in [0.5, 0.6) is 5.75 Å². The number of nitrogens with zero attached hydrogens (tertiary/aromatic N) is 5. The number of hydrogen-bond donors (Lipinski definition) is 1. The largest absolute Gasteiger partial charge is 0.494 e. The molecule has 9 heteroatoms. The molecule has 0 aliphatic carbocycles. The topological polar surface area (TPSA) is 86.9 Å². The Hall–Kier alpha value is -4.01. The van der Waals surface area contributed by atoms with E-state index in [2.05, 4.69) is 20.6 Å². The van der Waals surface area contributed by atoms with Crippen LogP contribution in [0.3, 0.4) is 0 Å². The van der Waals surface area contributed by atoms with Gasteiger partial charge < -0.3 is 14.6 Å². The fourth-order valence-electron chi connectivity index (χ4n) is 4.21. The first-order chi connectivity index (χ1) is 16.5. The van der Waals surface area contributed by atoms with Crippen molar-refractivity contribution in [3.63, 3.8) is 0 Å². The summed E-state index contributed by atoms with van der Waals surface area (Å²) in [7, 11) is 1.59. The molecule has 2 aromatic heterocycles. The number of fused-ring (bicyclic) bond motifs is 1. The van der Waals surface area contributed by atoms with Crippen LogP contribution >= 0.6 is 0 Å². The molecule has 0 atom stereocenters. The van der Waals surface area contributed by atoms with Crippen LogP contribution in [0, 0.1) is 12.7 Å². The Morgan fingerprint density at radius 1 is 1.09 bits per heavy atom. The van der Waals surface area contributed by atoms with Gasteiger partial charge in [0.25, 0.3) is 5.91 Å². The predicted octanol–water partition coefficient (Wildman–Crippen LogP) is 4.57. The van der Waals surface area contributed by atoms with Gasteiger partial charge in [-0.2, -0.15) is 5.10 Å². The Morgan fingerprint density at radius 2 is 1.97 bits per heavy atom. The molecule has 0 unspecified atom stereocenters. The van der Waals surface area contributed by atoms with Crippen molar-refractivity contribution in [3.8, 4) is 22.8 Å². The second kappa shape index (κ2) is 9.09. The number of anilines is 1. The number of carbonyl (C=O) groups excluding carboxylic acids is 1. The molecule has 1 aliphatic rings. The summed E-state index contributed by atoms with van der Waals surface area (Å²) in [6, 6.07) is 11.8. The number of halogens is 1. The number of amides is 1. The lowest BCUT2D eigenvalue weighted by molar-refractivity contribution is 0.102. The number of rotatable bonds is 5. The number of nitrogens with one attached hydrogen (secondary N) is 1. The summed E-state index contributed by atoms with van der Waals surface area (Å²) >= 11 is 0. The van der Waals surface area contributed by atoms with Gasteiger partial charge in [-0.1, -0.05) is 12.5 Å². The molecule has 2 aromatic carbocycles. The van der Waals surface area contributed by atoms with Crippen LogP contribution < -0.4 is 10.1 Å². The van der Waals surface area contributed by atoms with E-state index in [9.17, 15) is 9.18 Å². The highest BCUT2D eigenvalue weighted by atomic mass is 19.1. The quantitative estimate of drug-likeness (QED) is 0.472. The summed E-state index contributed by atoms with van der Waals surface area (Å²) in [5, 5.41) is 15.7. The molecule has 3 heterocycles. The molecule has 4 aromatic rings. The fourth-order valence-corrected chi connectivity index (χ4v) is 4.21. The molecule has 0 saturated carbocycles. The van der Waals surface area contributed by atoms with E-state index in [-0.39, 0.29) is 5.69 Å². The number of aryl methyl sites for hydroxylation is 2. The van der Waals surface area contributed by atoms with E-state index in [0.717, 1.165) is 49.3 Å².